The summed E-state index contributed by atoms with van der Waals surface area (Å²) in [7, 11) is 0. The lowest BCUT2D eigenvalue weighted by molar-refractivity contribution is -0.137. The van der Waals surface area contributed by atoms with Gasteiger partial charge in [-0.15, -0.1) is 11.3 Å². The Morgan fingerprint density at radius 1 is 1.35 bits per heavy atom. The van der Waals surface area contributed by atoms with Crippen LogP contribution in [0.25, 0.3) is 0 Å². The summed E-state index contributed by atoms with van der Waals surface area (Å²) in [5.41, 5.74) is 1.90. The predicted octanol–water partition coefficient (Wildman–Crippen LogP) is 3.77. The molecule has 1 saturated carbocycles. The second kappa shape index (κ2) is 7.70. The minimum atomic E-state index is -0.541. The molecule has 1 aliphatic rings. The summed E-state index contributed by atoms with van der Waals surface area (Å²) in [5.74, 6) is -0.0871. The molecule has 1 heterocycles. The first-order valence-corrected chi connectivity index (χ1v) is 8.99. The number of thiazole rings is 1. The zero-order chi connectivity index (χ0) is 16.1. The van der Waals surface area contributed by atoms with Crippen molar-refractivity contribution in [3.05, 3.63) is 52.0 Å². The van der Waals surface area contributed by atoms with E-state index in [1.54, 1.807) is 11.3 Å². The molecule has 5 heteroatoms. The van der Waals surface area contributed by atoms with Crippen molar-refractivity contribution in [3.63, 3.8) is 0 Å². The minimum absolute atomic E-state index is 0.0871. The van der Waals surface area contributed by atoms with Crippen LogP contribution >= 0.6 is 11.3 Å². The number of carbonyl (C=O) groups is 1. The van der Waals surface area contributed by atoms with Crippen LogP contribution in [0.3, 0.4) is 0 Å². The van der Waals surface area contributed by atoms with E-state index in [1.165, 1.54) is 12.8 Å². The number of carbonyl (C=O) groups excluding carboxylic acids is 1. The van der Waals surface area contributed by atoms with Gasteiger partial charge in [-0.25, -0.2) is 4.98 Å². The lowest BCUT2D eigenvalue weighted by atomic mass is 10.1. The van der Waals surface area contributed by atoms with E-state index in [9.17, 15) is 4.79 Å². The summed E-state index contributed by atoms with van der Waals surface area (Å²) in [6.07, 6.45) is 4.11. The van der Waals surface area contributed by atoms with Gasteiger partial charge in [-0.05, 0) is 25.3 Å². The number of benzene rings is 1. The molecule has 1 N–H and O–H groups in total. The highest BCUT2D eigenvalue weighted by atomic mass is 32.1. The maximum atomic E-state index is 12.7. The molecule has 4 nitrogen and oxygen atoms in total. The van der Waals surface area contributed by atoms with Crippen molar-refractivity contribution in [2.75, 3.05) is 0 Å². The standard InChI is InChI=1S/C18H22N2O2S/c1-13-12-23-16(20-13)11-19-18(21)17(14-7-3-2-4-8-14)22-15-9-5-6-10-15/h2-4,7-8,12,15,17H,5-6,9-11H2,1H3,(H,19,21). The molecule has 122 valence electrons. The molecule has 1 atom stereocenters. The highest BCUT2D eigenvalue weighted by molar-refractivity contribution is 7.09. The van der Waals surface area contributed by atoms with Gasteiger partial charge in [0, 0.05) is 11.1 Å². The van der Waals surface area contributed by atoms with E-state index in [-0.39, 0.29) is 12.0 Å². The Balaban J connectivity index is 1.67. The number of nitrogens with one attached hydrogen (secondary N) is 1. The summed E-state index contributed by atoms with van der Waals surface area (Å²) in [5, 5.41) is 5.88. The molecule has 0 spiro atoms. The van der Waals surface area contributed by atoms with Gasteiger partial charge in [-0.1, -0.05) is 43.2 Å². The van der Waals surface area contributed by atoms with Crippen LogP contribution in [0.2, 0.25) is 0 Å². The summed E-state index contributed by atoms with van der Waals surface area (Å²) < 4.78 is 6.12. The summed E-state index contributed by atoms with van der Waals surface area (Å²) in [6.45, 7) is 2.41. The Hall–Kier alpha value is -1.72. The molecule has 3 rings (SSSR count). The van der Waals surface area contributed by atoms with Crippen molar-refractivity contribution in [2.24, 2.45) is 0 Å². The maximum absolute atomic E-state index is 12.7. The van der Waals surface area contributed by atoms with E-state index in [0.29, 0.717) is 6.54 Å². The van der Waals surface area contributed by atoms with Crippen LogP contribution in [0.15, 0.2) is 35.7 Å². The molecule has 0 bridgehead atoms. The number of amides is 1. The van der Waals surface area contributed by atoms with Gasteiger partial charge >= 0.3 is 0 Å². The molecule has 1 aromatic heterocycles. The van der Waals surface area contributed by atoms with Crippen molar-refractivity contribution >= 4 is 17.2 Å². The van der Waals surface area contributed by atoms with E-state index < -0.39 is 6.10 Å². The molecule has 0 aliphatic heterocycles. The predicted molar refractivity (Wildman–Crippen MR) is 91.2 cm³/mol. The molecule has 1 amide bonds. The first kappa shape index (κ1) is 16.1. The molecule has 0 saturated heterocycles. The van der Waals surface area contributed by atoms with Crippen LogP contribution < -0.4 is 5.32 Å². The zero-order valence-corrected chi connectivity index (χ0v) is 14.1. The Labute approximate surface area is 140 Å². The van der Waals surface area contributed by atoms with Crippen molar-refractivity contribution in [3.8, 4) is 0 Å². The Kier molecular flexibility index (Phi) is 5.41. The Morgan fingerprint density at radius 3 is 2.74 bits per heavy atom. The lowest BCUT2D eigenvalue weighted by Gasteiger charge is -2.21. The monoisotopic (exact) mass is 330 g/mol. The number of nitrogens with zero attached hydrogens (tertiary/aromatic N) is 1. The van der Waals surface area contributed by atoms with Crippen molar-refractivity contribution in [2.45, 2.75) is 51.4 Å². The molecule has 23 heavy (non-hydrogen) atoms. The third-order valence-electron chi connectivity index (χ3n) is 4.05. The number of aromatic nitrogens is 1. The van der Waals surface area contributed by atoms with Crippen LogP contribution in [0.4, 0.5) is 0 Å². The second-order valence-corrected chi connectivity index (χ2v) is 6.88. The van der Waals surface area contributed by atoms with Gasteiger partial charge in [-0.3, -0.25) is 4.79 Å². The zero-order valence-electron chi connectivity index (χ0n) is 13.3. The number of aryl methyl sites for hydroxylation is 1. The average Bonchev–Trinajstić information content (AvgIpc) is 3.23. The normalized spacial score (nSPS) is 16.4. The van der Waals surface area contributed by atoms with E-state index in [2.05, 4.69) is 10.3 Å². The smallest absolute Gasteiger partial charge is 0.254 e. The Bertz CT molecular complexity index is 635. The van der Waals surface area contributed by atoms with E-state index >= 15 is 0 Å². The number of hydrogen-bond donors (Lipinski definition) is 1. The van der Waals surface area contributed by atoms with Crippen LogP contribution in [-0.2, 0) is 16.1 Å². The molecule has 1 aliphatic carbocycles. The topological polar surface area (TPSA) is 51.2 Å². The van der Waals surface area contributed by atoms with Crippen molar-refractivity contribution < 1.29 is 9.53 Å². The molecule has 0 radical (unpaired) electrons. The fourth-order valence-corrected chi connectivity index (χ4v) is 3.59. The lowest BCUT2D eigenvalue weighted by Crippen LogP contribution is -2.32. The number of ether oxygens (including phenoxy) is 1. The SMILES string of the molecule is Cc1csc(CNC(=O)C(OC2CCCC2)c2ccccc2)n1. The van der Waals surface area contributed by atoms with Gasteiger partial charge in [-0.2, -0.15) is 0 Å². The quantitative estimate of drug-likeness (QED) is 0.877. The fraction of sp³-hybridized carbons (Fsp3) is 0.444. The summed E-state index contributed by atoms with van der Waals surface area (Å²) >= 11 is 1.57. The second-order valence-electron chi connectivity index (χ2n) is 5.93. The van der Waals surface area contributed by atoms with E-state index in [1.807, 2.05) is 42.6 Å². The van der Waals surface area contributed by atoms with Crippen molar-refractivity contribution in [1.82, 2.24) is 10.3 Å². The first-order valence-electron chi connectivity index (χ1n) is 8.11. The van der Waals surface area contributed by atoms with Crippen molar-refractivity contribution in [1.29, 1.82) is 0 Å². The molecular weight excluding hydrogens is 308 g/mol. The number of rotatable bonds is 6. The summed E-state index contributed by atoms with van der Waals surface area (Å²) in [4.78, 5) is 17.0. The highest BCUT2D eigenvalue weighted by Crippen LogP contribution is 2.28. The third-order valence-corrected chi connectivity index (χ3v) is 5.02. The van der Waals surface area contributed by atoms with E-state index in [0.717, 1.165) is 29.1 Å². The molecular formula is C18H22N2O2S. The van der Waals surface area contributed by atoms with Crippen LogP contribution in [0.1, 0.15) is 48.1 Å². The number of hydrogen-bond acceptors (Lipinski definition) is 4. The van der Waals surface area contributed by atoms with Gasteiger partial charge in [0.2, 0.25) is 0 Å². The molecule has 1 unspecified atom stereocenters. The molecule has 1 fully saturated rings. The van der Waals surface area contributed by atoms with Gasteiger partial charge < -0.3 is 10.1 Å². The third kappa shape index (κ3) is 4.39. The van der Waals surface area contributed by atoms with Gasteiger partial charge in [0.15, 0.2) is 6.10 Å². The highest BCUT2D eigenvalue weighted by Gasteiger charge is 2.27. The van der Waals surface area contributed by atoms with Crippen LogP contribution in [0.5, 0.6) is 0 Å². The molecule has 1 aromatic carbocycles. The van der Waals surface area contributed by atoms with Gasteiger partial charge in [0.1, 0.15) is 5.01 Å². The summed E-state index contributed by atoms with van der Waals surface area (Å²) in [6, 6.07) is 9.74. The first-order chi connectivity index (χ1) is 11.2. The average molecular weight is 330 g/mol. The van der Waals surface area contributed by atoms with E-state index in [4.69, 9.17) is 4.74 Å². The molecule has 2 aromatic rings. The minimum Gasteiger partial charge on any atom is -0.360 e. The van der Waals surface area contributed by atoms with Crippen LogP contribution in [-0.4, -0.2) is 17.0 Å². The maximum Gasteiger partial charge on any atom is 0.254 e. The fourth-order valence-electron chi connectivity index (χ4n) is 2.88. The largest absolute Gasteiger partial charge is 0.360 e. The van der Waals surface area contributed by atoms with Crippen LogP contribution in [0, 0.1) is 6.92 Å². The Morgan fingerprint density at radius 2 is 2.09 bits per heavy atom. The van der Waals surface area contributed by atoms with Gasteiger partial charge in [0.05, 0.1) is 12.6 Å². The van der Waals surface area contributed by atoms with Gasteiger partial charge in [0.25, 0.3) is 5.91 Å².